The fourth-order valence-electron chi connectivity index (χ4n) is 0.992. The van der Waals surface area contributed by atoms with Crippen molar-refractivity contribution in [3.63, 3.8) is 0 Å². The first-order valence-corrected chi connectivity index (χ1v) is 4.78. The van der Waals surface area contributed by atoms with Gasteiger partial charge in [-0.1, -0.05) is 0 Å². The predicted octanol–water partition coefficient (Wildman–Crippen LogP) is 0.110. The van der Waals surface area contributed by atoms with Crippen LogP contribution in [-0.2, 0) is 0 Å². The maximum absolute atomic E-state index is 10.4. The van der Waals surface area contributed by atoms with E-state index in [1.165, 1.54) is 12.1 Å². The van der Waals surface area contributed by atoms with Gasteiger partial charge in [-0.3, -0.25) is 10.1 Å². The number of nitro groups is 1. The van der Waals surface area contributed by atoms with E-state index in [1.54, 1.807) is 6.92 Å². The summed E-state index contributed by atoms with van der Waals surface area (Å²) >= 11 is 0. The molecule has 1 rings (SSSR count). The zero-order valence-corrected chi connectivity index (χ0v) is 8.83. The summed E-state index contributed by atoms with van der Waals surface area (Å²) in [5.74, 6) is 0.488. The third-order valence-electron chi connectivity index (χ3n) is 2.10. The summed E-state index contributed by atoms with van der Waals surface area (Å²) < 4.78 is 0. The Bertz CT molecular complexity index is 352. The molecule has 16 heavy (non-hydrogen) atoms. The zero-order chi connectivity index (χ0) is 12.1. The number of hydrogen-bond acceptors (Lipinski definition) is 6. The Morgan fingerprint density at radius 2 is 2.38 bits per heavy atom. The molecule has 0 fully saturated rings. The van der Waals surface area contributed by atoms with Crippen molar-refractivity contribution in [3.8, 4) is 0 Å². The van der Waals surface area contributed by atoms with Crippen molar-refractivity contribution < 1.29 is 10.0 Å². The van der Waals surface area contributed by atoms with E-state index in [4.69, 9.17) is 10.8 Å². The molecule has 1 aromatic heterocycles. The molecule has 0 amide bonds. The Labute approximate surface area is 92.4 Å². The van der Waals surface area contributed by atoms with Crippen molar-refractivity contribution in [2.75, 3.05) is 11.9 Å². The molecule has 2 unspecified atom stereocenters. The number of pyridine rings is 1. The van der Waals surface area contributed by atoms with Crippen molar-refractivity contribution in [3.05, 3.63) is 28.4 Å². The number of nitrogens with zero attached hydrogens (tertiary/aromatic N) is 2. The van der Waals surface area contributed by atoms with Crippen LogP contribution in [0.5, 0.6) is 0 Å². The molecule has 0 aromatic carbocycles. The minimum atomic E-state index is -0.620. The molecule has 7 nitrogen and oxygen atoms in total. The fourth-order valence-corrected chi connectivity index (χ4v) is 0.992. The average Bonchev–Trinajstić information content (AvgIpc) is 2.26. The van der Waals surface area contributed by atoms with E-state index in [1.807, 2.05) is 0 Å². The highest BCUT2D eigenvalue weighted by atomic mass is 16.6. The van der Waals surface area contributed by atoms with Gasteiger partial charge in [0.15, 0.2) is 0 Å². The van der Waals surface area contributed by atoms with Gasteiger partial charge in [0.25, 0.3) is 5.69 Å². The molecule has 0 saturated carbocycles. The van der Waals surface area contributed by atoms with Crippen LogP contribution in [0.15, 0.2) is 18.3 Å². The van der Waals surface area contributed by atoms with Gasteiger partial charge >= 0.3 is 0 Å². The van der Waals surface area contributed by atoms with Crippen LogP contribution in [0.4, 0.5) is 11.5 Å². The summed E-state index contributed by atoms with van der Waals surface area (Å²) in [5.41, 5.74) is 5.53. The number of aliphatic hydroxyl groups is 1. The number of aromatic nitrogens is 1. The van der Waals surface area contributed by atoms with Crippen molar-refractivity contribution >= 4 is 11.5 Å². The molecular weight excluding hydrogens is 212 g/mol. The maximum Gasteiger partial charge on any atom is 0.287 e. The molecule has 0 radical (unpaired) electrons. The molecule has 0 aliphatic rings. The van der Waals surface area contributed by atoms with E-state index in [2.05, 4.69) is 10.3 Å². The summed E-state index contributed by atoms with van der Waals surface area (Å²) in [6.07, 6.45) is 0.543. The molecule has 88 valence electrons. The van der Waals surface area contributed by atoms with E-state index >= 15 is 0 Å². The summed E-state index contributed by atoms with van der Waals surface area (Å²) in [6, 6.07) is 2.44. The van der Waals surface area contributed by atoms with Gasteiger partial charge in [-0.2, -0.15) is 0 Å². The highest BCUT2D eigenvalue weighted by Crippen LogP contribution is 2.11. The Morgan fingerprint density at radius 1 is 1.69 bits per heavy atom. The van der Waals surface area contributed by atoms with Gasteiger partial charge in [-0.25, -0.2) is 4.98 Å². The third-order valence-corrected chi connectivity index (χ3v) is 2.10. The summed E-state index contributed by atoms with van der Waals surface area (Å²) in [5, 5.41) is 22.4. The first kappa shape index (κ1) is 12.3. The normalized spacial score (nSPS) is 14.2. The van der Waals surface area contributed by atoms with Crippen molar-refractivity contribution in [1.82, 2.24) is 4.98 Å². The number of nitrogens with one attached hydrogen (secondary N) is 1. The van der Waals surface area contributed by atoms with E-state index in [0.717, 1.165) is 6.20 Å². The van der Waals surface area contributed by atoms with Gasteiger partial charge in [0.05, 0.1) is 11.0 Å². The van der Waals surface area contributed by atoms with E-state index < -0.39 is 17.1 Å². The van der Waals surface area contributed by atoms with Crippen LogP contribution in [0.3, 0.4) is 0 Å². The second-order valence-electron chi connectivity index (χ2n) is 3.44. The van der Waals surface area contributed by atoms with Crippen LogP contribution in [0.2, 0.25) is 0 Å². The number of rotatable bonds is 5. The van der Waals surface area contributed by atoms with Crippen LogP contribution in [0, 0.1) is 10.1 Å². The number of anilines is 1. The minimum Gasteiger partial charge on any atom is -0.392 e. The van der Waals surface area contributed by atoms with Gasteiger partial charge in [0.2, 0.25) is 0 Å². The minimum absolute atomic E-state index is 0.0645. The van der Waals surface area contributed by atoms with Gasteiger partial charge < -0.3 is 16.2 Å². The second kappa shape index (κ2) is 5.38. The lowest BCUT2D eigenvalue weighted by atomic mass is 10.2. The molecule has 2 atom stereocenters. The van der Waals surface area contributed by atoms with E-state index in [-0.39, 0.29) is 5.69 Å². The lowest BCUT2D eigenvalue weighted by molar-refractivity contribution is -0.385. The number of aliphatic hydroxyl groups excluding tert-OH is 1. The lowest BCUT2D eigenvalue weighted by Gasteiger charge is -2.15. The van der Waals surface area contributed by atoms with Gasteiger partial charge in [0, 0.05) is 18.7 Å². The smallest absolute Gasteiger partial charge is 0.287 e. The molecule has 0 spiro atoms. The van der Waals surface area contributed by atoms with Crippen molar-refractivity contribution in [2.24, 2.45) is 5.73 Å². The third kappa shape index (κ3) is 3.44. The van der Waals surface area contributed by atoms with E-state index in [9.17, 15) is 10.1 Å². The molecule has 1 heterocycles. The van der Waals surface area contributed by atoms with Crippen LogP contribution in [0.1, 0.15) is 6.92 Å². The first-order chi connectivity index (χ1) is 7.50. The Kier molecular flexibility index (Phi) is 4.15. The van der Waals surface area contributed by atoms with Gasteiger partial charge in [0.1, 0.15) is 12.0 Å². The second-order valence-corrected chi connectivity index (χ2v) is 3.44. The quantitative estimate of drug-likeness (QED) is 0.485. The Balaban J connectivity index is 2.53. The summed E-state index contributed by atoms with van der Waals surface area (Å²) in [7, 11) is 0. The molecule has 0 bridgehead atoms. The topological polar surface area (TPSA) is 114 Å². The van der Waals surface area contributed by atoms with Crippen LogP contribution in [-0.4, -0.2) is 33.7 Å². The van der Waals surface area contributed by atoms with Crippen molar-refractivity contribution in [1.29, 1.82) is 0 Å². The fraction of sp³-hybridized carbons (Fsp3) is 0.444. The van der Waals surface area contributed by atoms with E-state index in [0.29, 0.717) is 12.4 Å². The zero-order valence-electron chi connectivity index (χ0n) is 8.83. The molecule has 0 aliphatic heterocycles. The maximum atomic E-state index is 10.4. The Hall–Kier alpha value is -1.73. The summed E-state index contributed by atoms with van der Waals surface area (Å²) in [6.45, 7) is 1.94. The van der Waals surface area contributed by atoms with Gasteiger partial charge in [-0.15, -0.1) is 0 Å². The monoisotopic (exact) mass is 226 g/mol. The molecule has 0 saturated heterocycles. The molecular formula is C9H14N4O3. The van der Waals surface area contributed by atoms with Gasteiger partial charge in [-0.05, 0) is 13.0 Å². The molecule has 4 N–H and O–H groups in total. The molecule has 1 aromatic rings. The van der Waals surface area contributed by atoms with Crippen molar-refractivity contribution in [2.45, 2.75) is 19.1 Å². The largest absolute Gasteiger partial charge is 0.392 e. The van der Waals surface area contributed by atoms with Crippen LogP contribution in [0.25, 0.3) is 0 Å². The predicted molar refractivity (Wildman–Crippen MR) is 59.0 cm³/mol. The van der Waals surface area contributed by atoms with Crippen LogP contribution < -0.4 is 11.1 Å². The average molecular weight is 226 g/mol. The highest BCUT2D eigenvalue weighted by molar-refractivity contribution is 5.40. The number of nitrogens with two attached hydrogens (primary N) is 1. The lowest BCUT2D eigenvalue weighted by Crippen LogP contribution is -2.38. The summed E-state index contributed by atoms with van der Waals surface area (Å²) in [4.78, 5) is 13.7. The standard InChI is InChI=1S/C9H14N4O3/c1-6(14)8(10)5-12-9-3-2-7(4-11-9)13(15)16/h2-4,6,8,14H,5,10H2,1H3,(H,11,12). The number of hydrogen-bond donors (Lipinski definition) is 3. The first-order valence-electron chi connectivity index (χ1n) is 4.78. The molecule has 7 heteroatoms. The highest BCUT2D eigenvalue weighted by Gasteiger charge is 2.09. The molecule has 0 aliphatic carbocycles. The van der Waals surface area contributed by atoms with Crippen LogP contribution >= 0.6 is 0 Å². The SMILES string of the molecule is CC(O)C(N)CNc1ccc([N+](=O)[O-])cn1. The Morgan fingerprint density at radius 3 is 2.81 bits per heavy atom.